The minimum absolute atomic E-state index is 1.07. The molecule has 0 spiro atoms. The second kappa shape index (κ2) is 15.9. The largest absolute Gasteiger partial charge is 0.317 e. The molecule has 2 N–H and O–H groups in total. The summed E-state index contributed by atoms with van der Waals surface area (Å²) in [7, 11) is 0. The molecule has 0 aliphatic heterocycles. The summed E-state index contributed by atoms with van der Waals surface area (Å²) in [5, 5.41) is 7.00. The topological polar surface area (TPSA) is 24.1 Å². The Morgan fingerprint density at radius 2 is 1.12 bits per heavy atom. The Balaban J connectivity index is 2.85. The molecule has 0 aromatic carbocycles. The van der Waals surface area contributed by atoms with E-state index in [1.54, 1.807) is 0 Å². The summed E-state index contributed by atoms with van der Waals surface area (Å²) in [6.07, 6.45) is 11.7. The van der Waals surface area contributed by atoms with Crippen LogP contribution in [0.3, 0.4) is 0 Å². The third kappa shape index (κ3) is 15.9. The maximum absolute atomic E-state index is 3.84. The normalized spacial score (nSPS) is 10.9. The number of unbranched alkanes of at least 4 members (excludes halogenated alkanes) is 6. The molecule has 0 unspecified atom stereocenters. The standard InChI is InChI=1S/C15H33N2/c1-3-5-7-9-13-17-15-11-10-14-16-12-8-6-4-2/h16-17H,2-15H2,1H3. The molecule has 0 aliphatic carbocycles. The van der Waals surface area contributed by atoms with Crippen LogP contribution < -0.4 is 10.6 Å². The predicted molar refractivity (Wildman–Crippen MR) is 78.3 cm³/mol. The Morgan fingerprint density at radius 3 is 1.59 bits per heavy atom. The van der Waals surface area contributed by atoms with Gasteiger partial charge in [-0.3, -0.25) is 0 Å². The molecule has 17 heavy (non-hydrogen) atoms. The Morgan fingerprint density at radius 1 is 0.647 bits per heavy atom. The van der Waals surface area contributed by atoms with Crippen LogP contribution in [0.15, 0.2) is 0 Å². The van der Waals surface area contributed by atoms with E-state index in [2.05, 4.69) is 24.5 Å². The first kappa shape index (κ1) is 16.9. The highest BCUT2D eigenvalue weighted by Gasteiger charge is 1.91. The second-order valence-electron chi connectivity index (χ2n) is 4.83. The van der Waals surface area contributed by atoms with E-state index < -0.39 is 0 Å². The van der Waals surface area contributed by atoms with Gasteiger partial charge in [0.05, 0.1) is 0 Å². The van der Waals surface area contributed by atoms with Crippen LogP contribution in [0.25, 0.3) is 0 Å². The Hall–Kier alpha value is -0.0800. The summed E-state index contributed by atoms with van der Waals surface area (Å²) in [6, 6.07) is 0. The molecule has 0 heterocycles. The molecule has 0 aromatic rings. The van der Waals surface area contributed by atoms with E-state index in [9.17, 15) is 0 Å². The maximum atomic E-state index is 3.84. The summed E-state index contributed by atoms with van der Waals surface area (Å²) in [5.74, 6) is 0. The third-order valence-corrected chi connectivity index (χ3v) is 3.02. The van der Waals surface area contributed by atoms with Crippen LogP contribution in [-0.4, -0.2) is 26.2 Å². The van der Waals surface area contributed by atoms with Crippen molar-refractivity contribution in [1.29, 1.82) is 0 Å². The maximum Gasteiger partial charge on any atom is -0.00484 e. The lowest BCUT2D eigenvalue weighted by Gasteiger charge is -2.06. The fourth-order valence-electron chi connectivity index (χ4n) is 1.85. The lowest BCUT2D eigenvalue weighted by atomic mass is 10.2. The molecular weight excluding hydrogens is 208 g/mol. The SMILES string of the molecule is [CH2]CCCCNCCCCNCCCCCC. The minimum atomic E-state index is 1.07. The summed E-state index contributed by atoms with van der Waals surface area (Å²) in [6.45, 7) is 10.8. The van der Waals surface area contributed by atoms with Gasteiger partial charge >= 0.3 is 0 Å². The van der Waals surface area contributed by atoms with Gasteiger partial charge in [0.25, 0.3) is 0 Å². The van der Waals surface area contributed by atoms with Gasteiger partial charge in [-0.05, 0) is 51.9 Å². The van der Waals surface area contributed by atoms with Gasteiger partial charge in [0.1, 0.15) is 0 Å². The Kier molecular flexibility index (Phi) is 15.8. The zero-order chi connectivity index (χ0) is 12.6. The van der Waals surface area contributed by atoms with E-state index in [1.807, 2.05) is 0 Å². The van der Waals surface area contributed by atoms with Crippen molar-refractivity contribution >= 4 is 0 Å². The molecule has 0 rings (SSSR count). The van der Waals surface area contributed by atoms with Crippen molar-refractivity contribution in [3.05, 3.63) is 6.92 Å². The minimum Gasteiger partial charge on any atom is -0.317 e. The molecule has 0 fully saturated rings. The van der Waals surface area contributed by atoms with Crippen molar-refractivity contribution in [2.75, 3.05) is 26.2 Å². The number of hydrogen-bond acceptors (Lipinski definition) is 2. The average molecular weight is 241 g/mol. The van der Waals surface area contributed by atoms with E-state index in [1.165, 1.54) is 77.5 Å². The molecule has 103 valence electrons. The van der Waals surface area contributed by atoms with E-state index in [0.29, 0.717) is 0 Å². The predicted octanol–water partition coefficient (Wildman–Crippen LogP) is 3.53. The van der Waals surface area contributed by atoms with Crippen molar-refractivity contribution in [3.8, 4) is 0 Å². The van der Waals surface area contributed by atoms with E-state index in [-0.39, 0.29) is 0 Å². The molecule has 0 bridgehead atoms. The molecule has 0 aromatic heterocycles. The van der Waals surface area contributed by atoms with Gasteiger partial charge in [-0.25, -0.2) is 0 Å². The summed E-state index contributed by atoms with van der Waals surface area (Å²) < 4.78 is 0. The van der Waals surface area contributed by atoms with Gasteiger partial charge in [-0.2, -0.15) is 0 Å². The molecule has 2 heteroatoms. The van der Waals surface area contributed by atoms with Gasteiger partial charge in [-0.15, -0.1) is 0 Å². The van der Waals surface area contributed by atoms with E-state index in [4.69, 9.17) is 0 Å². The van der Waals surface area contributed by atoms with Gasteiger partial charge in [0.15, 0.2) is 0 Å². The summed E-state index contributed by atoms with van der Waals surface area (Å²) in [4.78, 5) is 0. The Labute approximate surface area is 109 Å². The molecule has 0 aliphatic rings. The number of nitrogens with one attached hydrogen (secondary N) is 2. The molecule has 0 saturated heterocycles. The summed E-state index contributed by atoms with van der Waals surface area (Å²) >= 11 is 0. The van der Waals surface area contributed by atoms with Crippen LogP contribution in [0.1, 0.15) is 64.7 Å². The van der Waals surface area contributed by atoms with Crippen molar-refractivity contribution < 1.29 is 0 Å². The number of hydrogen-bond donors (Lipinski definition) is 2. The van der Waals surface area contributed by atoms with Crippen molar-refractivity contribution in [3.63, 3.8) is 0 Å². The van der Waals surface area contributed by atoms with Crippen molar-refractivity contribution in [2.45, 2.75) is 64.7 Å². The smallest absolute Gasteiger partial charge is 0.00484 e. The zero-order valence-electron chi connectivity index (χ0n) is 11.9. The zero-order valence-corrected chi connectivity index (χ0v) is 11.9. The van der Waals surface area contributed by atoms with E-state index in [0.717, 1.165) is 6.42 Å². The second-order valence-corrected chi connectivity index (χ2v) is 4.83. The van der Waals surface area contributed by atoms with Gasteiger partial charge in [0.2, 0.25) is 0 Å². The lowest BCUT2D eigenvalue weighted by Crippen LogP contribution is -2.20. The quantitative estimate of drug-likeness (QED) is 0.455. The molecule has 2 nitrogen and oxygen atoms in total. The van der Waals surface area contributed by atoms with E-state index >= 15 is 0 Å². The van der Waals surface area contributed by atoms with Gasteiger partial charge < -0.3 is 10.6 Å². The van der Waals surface area contributed by atoms with Crippen LogP contribution in [0.2, 0.25) is 0 Å². The molecular formula is C15H33N2. The Bertz CT molecular complexity index is 112. The fourth-order valence-corrected chi connectivity index (χ4v) is 1.85. The van der Waals surface area contributed by atoms with Crippen LogP contribution in [-0.2, 0) is 0 Å². The van der Waals surface area contributed by atoms with Crippen LogP contribution >= 0.6 is 0 Å². The molecule has 0 amide bonds. The first-order valence-corrected chi connectivity index (χ1v) is 7.62. The molecule has 1 radical (unpaired) electrons. The van der Waals surface area contributed by atoms with Crippen molar-refractivity contribution in [2.24, 2.45) is 0 Å². The van der Waals surface area contributed by atoms with Crippen LogP contribution in [0.5, 0.6) is 0 Å². The van der Waals surface area contributed by atoms with Gasteiger partial charge in [-0.1, -0.05) is 46.0 Å². The first-order valence-electron chi connectivity index (χ1n) is 7.62. The lowest BCUT2D eigenvalue weighted by molar-refractivity contribution is 0.551. The number of rotatable bonds is 14. The highest BCUT2D eigenvalue weighted by atomic mass is 14.9. The van der Waals surface area contributed by atoms with Crippen LogP contribution in [0.4, 0.5) is 0 Å². The molecule has 0 atom stereocenters. The highest BCUT2D eigenvalue weighted by molar-refractivity contribution is 4.53. The fraction of sp³-hybridized carbons (Fsp3) is 0.933. The summed E-state index contributed by atoms with van der Waals surface area (Å²) in [5.41, 5.74) is 0. The average Bonchev–Trinajstić information content (AvgIpc) is 2.35. The van der Waals surface area contributed by atoms with Gasteiger partial charge in [0, 0.05) is 0 Å². The monoisotopic (exact) mass is 241 g/mol. The van der Waals surface area contributed by atoms with Crippen LogP contribution in [0, 0.1) is 6.92 Å². The first-order chi connectivity index (χ1) is 8.41. The van der Waals surface area contributed by atoms with Crippen molar-refractivity contribution in [1.82, 2.24) is 10.6 Å². The molecule has 0 saturated carbocycles. The highest BCUT2D eigenvalue weighted by Crippen LogP contribution is 1.97. The third-order valence-electron chi connectivity index (χ3n) is 3.02.